The minimum atomic E-state index is -0.0806. The summed E-state index contributed by atoms with van der Waals surface area (Å²) in [4.78, 5) is 36.4. The number of anilines is 1. The van der Waals surface area contributed by atoms with Gasteiger partial charge in [-0.25, -0.2) is 4.98 Å². The fraction of sp³-hybridized carbons (Fsp3) is 0.286. The van der Waals surface area contributed by atoms with E-state index in [4.69, 9.17) is 0 Å². The minimum Gasteiger partial charge on any atom is -0.368 e. The fourth-order valence-electron chi connectivity index (χ4n) is 3.33. The molecule has 0 unspecified atom stereocenters. The number of imidazole rings is 1. The SMILES string of the molecule is O=C(CSc1nc2ccccc2[nH]1)CC(=O)N1CCN(c2ccccc2)CC1. The topological polar surface area (TPSA) is 69.3 Å². The van der Waals surface area contributed by atoms with Gasteiger partial charge in [-0.3, -0.25) is 9.59 Å². The molecule has 1 aliphatic heterocycles. The molecule has 1 amide bonds. The Morgan fingerprint density at radius 2 is 1.68 bits per heavy atom. The van der Waals surface area contributed by atoms with Crippen LogP contribution in [-0.4, -0.2) is 58.5 Å². The summed E-state index contributed by atoms with van der Waals surface area (Å²) in [7, 11) is 0. The Hall–Kier alpha value is -2.80. The smallest absolute Gasteiger partial charge is 0.230 e. The molecular formula is C21H22N4O2S. The zero-order chi connectivity index (χ0) is 19.3. The fourth-order valence-corrected chi connectivity index (χ4v) is 4.08. The lowest BCUT2D eigenvalue weighted by atomic mass is 10.2. The number of nitrogens with one attached hydrogen (secondary N) is 1. The highest BCUT2D eigenvalue weighted by Crippen LogP contribution is 2.20. The maximum atomic E-state index is 12.5. The first kappa shape index (κ1) is 18.6. The van der Waals surface area contributed by atoms with E-state index in [1.54, 1.807) is 4.90 Å². The number of thioether (sulfide) groups is 1. The Balaban J connectivity index is 1.24. The third-order valence-corrected chi connectivity index (χ3v) is 5.77. The molecule has 0 aliphatic carbocycles. The van der Waals surface area contributed by atoms with Crippen LogP contribution in [0, 0.1) is 0 Å². The number of Topliss-reactive ketones (excluding diaryl/α,β-unsaturated/α-hetero) is 1. The van der Waals surface area contributed by atoms with Gasteiger partial charge in [0.05, 0.1) is 23.2 Å². The monoisotopic (exact) mass is 394 g/mol. The quantitative estimate of drug-likeness (QED) is 0.514. The standard InChI is InChI=1S/C21H22N4O2S/c26-17(15-28-21-22-18-8-4-5-9-19(18)23-21)14-20(27)25-12-10-24(11-13-25)16-6-2-1-3-7-16/h1-9H,10-15H2,(H,22,23). The molecule has 2 heterocycles. The van der Waals surface area contributed by atoms with E-state index in [-0.39, 0.29) is 23.9 Å². The lowest BCUT2D eigenvalue weighted by molar-refractivity contribution is -0.134. The minimum absolute atomic E-state index is 0.0431. The van der Waals surface area contributed by atoms with Gasteiger partial charge in [0.1, 0.15) is 0 Å². The lowest BCUT2D eigenvalue weighted by Gasteiger charge is -2.36. The molecule has 3 aromatic rings. The summed E-state index contributed by atoms with van der Waals surface area (Å²) < 4.78 is 0. The summed E-state index contributed by atoms with van der Waals surface area (Å²) in [5.74, 6) is 0.0964. The van der Waals surface area contributed by atoms with Crippen molar-refractivity contribution in [2.24, 2.45) is 0 Å². The molecule has 28 heavy (non-hydrogen) atoms. The van der Waals surface area contributed by atoms with Gasteiger partial charge in [0.25, 0.3) is 0 Å². The lowest BCUT2D eigenvalue weighted by Crippen LogP contribution is -2.49. The summed E-state index contributed by atoms with van der Waals surface area (Å²) in [6.07, 6.45) is -0.0431. The molecule has 0 atom stereocenters. The van der Waals surface area contributed by atoms with Gasteiger partial charge >= 0.3 is 0 Å². The summed E-state index contributed by atoms with van der Waals surface area (Å²) >= 11 is 1.35. The number of aromatic amines is 1. The van der Waals surface area contributed by atoms with Crippen molar-refractivity contribution in [3.05, 3.63) is 54.6 Å². The third-order valence-electron chi connectivity index (χ3n) is 4.84. The number of H-pyrrole nitrogens is 1. The predicted octanol–water partition coefficient (Wildman–Crippen LogP) is 2.96. The number of fused-ring (bicyclic) bond motifs is 1. The highest BCUT2D eigenvalue weighted by molar-refractivity contribution is 7.99. The van der Waals surface area contributed by atoms with Crippen LogP contribution in [0.4, 0.5) is 5.69 Å². The molecule has 0 radical (unpaired) electrons. The molecule has 1 aromatic heterocycles. The van der Waals surface area contributed by atoms with E-state index in [0.717, 1.165) is 24.1 Å². The van der Waals surface area contributed by atoms with Crippen molar-refractivity contribution in [3.63, 3.8) is 0 Å². The Morgan fingerprint density at radius 3 is 2.43 bits per heavy atom. The second-order valence-electron chi connectivity index (χ2n) is 6.77. The van der Waals surface area contributed by atoms with Crippen molar-refractivity contribution in [2.45, 2.75) is 11.6 Å². The molecule has 2 aromatic carbocycles. The van der Waals surface area contributed by atoms with Crippen molar-refractivity contribution in [3.8, 4) is 0 Å². The zero-order valence-electron chi connectivity index (χ0n) is 15.5. The van der Waals surface area contributed by atoms with E-state index in [1.165, 1.54) is 17.4 Å². The van der Waals surface area contributed by atoms with Crippen LogP contribution in [-0.2, 0) is 9.59 Å². The molecule has 1 N–H and O–H groups in total. The number of benzene rings is 2. The van der Waals surface area contributed by atoms with Gasteiger partial charge in [0.2, 0.25) is 5.91 Å². The van der Waals surface area contributed by atoms with Crippen LogP contribution < -0.4 is 4.90 Å². The van der Waals surface area contributed by atoms with E-state index in [1.807, 2.05) is 42.5 Å². The van der Waals surface area contributed by atoms with Crippen LogP contribution in [0.5, 0.6) is 0 Å². The van der Waals surface area contributed by atoms with Crippen molar-refractivity contribution in [2.75, 3.05) is 36.8 Å². The zero-order valence-corrected chi connectivity index (χ0v) is 16.3. The Bertz CT molecular complexity index is 932. The molecule has 4 rings (SSSR count). The van der Waals surface area contributed by atoms with Crippen LogP contribution in [0.25, 0.3) is 11.0 Å². The number of carbonyl (C=O) groups is 2. The number of piperazine rings is 1. The number of ketones is 1. The first-order valence-electron chi connectivity index (χ1n) is 9.36. The number of amides is 1. The average molecular weight is 395 g/mol. The van der Waals surface area contributed by atoms with Gasteiger partial charge in [-0.2, -0.15) is 0 Å². The van der Waals surface area contributed by atoms with Crippen molar-refractivity contribution >= 4 is 40.2 Å². The summed E-state index contributed by atoms with van der Waals surface area (Å²) in [5.41, 5.74) is 3.00. The maximum Gasteiger partial charge on any atom is 0.230 e. The largest absolute Gasteiger partial charge is 0.368 e. The normalized spacial score (nSPS) is 14.4. The Labute approximate surface area is 167 Å². The highest BCUT2D eigenvalue weighted by atomic mass is 32.2. The summed E-state index contributed by atoms with van der Waals surface area (Å²) in [5, 5.41) is 0.707. The van der Waals surface area contributed by atoms with Crippen molar-refractivity contribution < 1.29 is 9.59 Å². The first-order valence-corrected chi connectivity index (χ1v) is 10.3. The molecule has 144 valence electrons. The van der Waals surface area contributed by atoms with E-state index >= 15 is 0 Å². The van der Waals surface area contributed by atoms with E-state index in [9.17, 15) is 9.59 Å². The number of para-hydroxylation sites is 3. The van der Waals surface area contributed by atoms with Crippen LogP contribution in [0.2, 0.25) is 0 Å². The van der Waals surface area contributed by atoms with Gasteiger partial charge in [-0.05, 0) is 24.3 Å². The van der Waals surface area contributed by atoms with Crippen LogP contribution in [0.3, 0.4) is 0 Å². The summed E-state index contributed by atoms with van der Waals surface area (Å²) in [6, 6.07) is 17.9. The molecule has 0 spiro atoms. The Morgan fingerprint density at radius 1 is 0.964 bits per heavy atom. The second-order valence-corrected chi connectivity index (χ2v) is 7.73. The number of hydrogen-bond acceptors (Lipinski definition) is 5. The number of carbonyl (C=O) groups excluding carboxylic acids is 2. The third kappa shape index (κ3) is 4.36. The van der Waals surface area contributed by atoms with Crippen molar-refractivity contribution in [1.29, 1.82) is 0 Å². The van der Waals surface area contributed by atoms with E-state index in [2.05, 4.69) is 27.0 Å². The predicted molar refractivity (Wildman–Crippen MR) is 112 cm³/mol. The van der Waals surface area contributed by atoms with Crippen LogP contribution in [0.15, 0.2) is 59.8 Å². The van der Waals surface area contributed by atoms with Gasteiger partial charge < -0.3 is 14.8 Å². The molecule has 0 bridgehead atoms. The van der Waals surface area contributed by atoms with E-state index in [0.29, 0.717) is 18.2 Å². The molecule has 1 fully saturated rings. The van der Waals surface area contributed by atoms with E-state index < -0.39 is 0 Å². The molecule has 0 saturated carbocycles. The first-order chi connectivity index (χ1) is 13.7. The molecule has 1 saturated heterocycles. The maximum absolute atomic E-state index is 12.5. The number of hydrogen-bond donors (Lipinski definition) is 1. The highest BCUT2D eigenvalue weighted by Gasteiger charge is 2.23. The molecule has 6 nitrogen and oxygen atoms in total. The number of rotatable bonds is 6. The number of nitrogens with zero attached hydrogens (tertiary/aromatic N) is 3. The van der Waals surface area contributed by atoms with Gasteiger partial charge in [-0.1, -0.05) is 42.1 Å². The van der Waals surface area contributed by atoms with Gasteiger partial charge in [0.15, 0.2) is 10.9 Å². The van der Waals surface area contributed by atoms with Gasteiger partial charge in [0, 0.05) is 31.9 Å². The summed E-state index contributed by atoms with van der Waals surface area (Å²) in [6.45, 7) is 2.88. The second kappa shape index (κ2) is 8.48. The average Bonchev–Trinajstić information content (AvgIpc) is 3.16. The number of aromatic nitrogens is 2. The van der Waals surface area contributed by atoms with Crippen LogP contribution >= 0.6 is 11.8 Å². The molecule has 1 aliphatic rings. The molecular weight excluding hydrogens is 372 g/mol. The Kier molecular flexibility index (Phi) is 5.62. The van der Waals surface area contributed by atoms with Crippen LogP contribution in [0.1, 0.15) is 6.42 Å². The molecule has 7 heteroatoms. The van der Waals surface area contributed by atoms with Gasteiger partial charge in [-0.15, -0.1) is 0 Å². The van der Waals surface area contributed by atoms with Crippen molar-refractivity contribution in [1.82, 2.24) is 14.9 Å².